The molecule has 0 radical (unpaired) electrons. The maximum atomic E-state index is 12.6. The quantitative estimate of drug-likeness (QED) is 0.794. The van der Waals surface area contributed by atoms with Crippen molar-refractivity contribution in [3.63, 3.8) is 0 Å². The molecule has 0 aliphatic heterocycles. The molecule has 96 valence electrons. The van der Waals surface area contributed by atoms with E-state index >= 15 is 0 Å². The highest BCUT2D eigenvalue weighted by Crippen LogP contribution is 2.33. The molecule has 1 aromatic carbocycles. The second kappa shape index (κ2) is 4.29. The third kappa shape index (κ3) is 2.34. The minimum atomic E-state index is -4.50. The molecule has 0 fully saturated rings. The Labute approximate surface area is 109 Å². The van der Waals surface area contributed by atoms with Gasteiger partial charge in [-0.25, -0.2) is 5.10 Å². The van der Waals surface area contributed by atoms with Crippen molar-refractivity contribution >= 4 is 29.8 Å². The Morgan fingerprint density at radius 2 is 2.00 bits per heavy atom. The molecule has 2 rings (SSSR count). The fourth-order valence-corrected chi connectivity index (χ4v) is 1.90. The molecule has 1 aromatic heterocycles. The highest BCUT2D eigenvalue weighted by Gasteiger charge is 2.31. The predicted molar refractivity (Wildman–Crippen MR) is 63.2 cm³/mol. The van der Waals surface area contributed by atoms with Crippen LogP contribution in [0.25, 0.3) is 5.69 Å². The number of H-pyrrole nitrogens is 1. The first-order chi connectivity index (χ1) is 8.29. The number of nitrogens with two attached hydrogens (primary N) is 1. The number of nitrogens with one attached hydrogen (secondary N) is 1. The average molecular weight is 295 g/mol. The highest BCUT2D eigenvalue weighted by atomic mass is 35.5. The van der Waals surface area contributed by atoms with Gasteiger partial charge >= 0.3 is 6.18 Å². The first-order valence-electron chi connectivity index (χ1n) is 4.60. The first-order valence-corrected chi connectivity index (χ1v) is 5.39. The van der Waals surface area contributed by atoms with Crippen LogP contribution in [-0.4, -0.2) is 14.8 Å². The summed E-state index contributed by atoms with van der Waals surface area (Å²) in [6.07, 6.45) is -4.50. The van der Waals surface area contributed by atoms with Gasteiger partial charge in [-0.05, 0) is 30.4 Å². The largest absolute Gasteiger partial charge is 0.416 e. The number of aromatic amines is 1. The van der Waals surface area contributed by atoms with Crippen LogP contribution in [0.1, 0.15) is 5.56 Å². The minimum absolute atomic E-state index is 0.0459. The molecule has 0 saturated heterocycles. The Morgan fingerprint density at radius 1 is 1.33 bits per heavy atom. The van der Waals surface area contributed by atoms with E-state index in [4.69, 9.17) is 29.6 Å². The number of nitrogen functional groups attached to an aromatic ring is 1. The topological polar surface area (TPSA) is 59.6 Å². The molecule has 0 unspecified atom stereocenters. The van der Waals surface area contributed by atoms with Crippen LogP contribution in [0.3, 0.4) is 0 Å². The van der Waals surface area contributed by atoms with Crippen LogP contribution >= 0.6 is 23.8 Å². The zero-order valence-electron chi connectivity index (χ0n) is 8.62. The van der Waals surface area contributed by atoms with Crippen molar-refractivity contribution in [2.75, 3.05) is 5.73 Å². The summed E-state index contributed by atoms with van der Waals surface area (Å²) >= 11 is 10.5. The Bertz CT molecular complexity index is 646. The number of aromatic nitrogens is 3. The van der Waals surface area contributed by atoms with Crippen LogP contribution in [0, 0.1) is 4.77 Å². The van der Waals surface area contributed by atoms with Gasteiger partial charge in [0.05, 0.1) is 11.3 Å². The average Bonchev–Trinajstić information content (AvgIpc) is 2.56. The van der Waals surface area contributed by atoms with Gasteiger partial charge in [-0.3, -0.25) is 4.57 Å². The molecule has 1 heterocycles. The molecule has 0 saturated carbocycles. The summed E-state index contributed by atoms with van der Waals surface area (Å²) < 4.78 is 39.2. The summed E-state index contributed by atoms with van der Waals surface area (Å²) in [5.41, 5.74) is 4.73. The summed E-state index contributed by atoms with van der Waals surface area (Å²) in [5.74, 6) is -0.0459. The molecule has 0 amide bonds. The van der Waals surface area contributed by atoms with Crippen molar-refractivity contribution in [1.29, 1.82) is 0 Å². The number of anilines is 1. The fraction of sp³-hybridized carbons (Fsp3) is 0.111. The van der Waals surface area contributed by atoms with E-state index in [1.165, 1.54) is 6.07 Å². The maximum Gasteiger partial charge on any atom is 0.416 e. The van der Waals surface area contributed by atoms with Gasteiger partial charge in [-0.2, -0.15) is 13.2 Å². The molecule has 4 nitrogen and oxygen atoms in total. The molecule has 18 heavy (non-hydrogen) atoms. The van der Waals surface area contributed by atoms with Crippen LogP contribution in [0.5, 0.6) is 0 Å². The Morgan fingerprint density at radius 3 is 2.50 bits per heavy atom. The second-order valence-electron chi connectivity index (χ2n) is 3.42. The highest BCUT2D eigenvalue weighted by molar-refractivity contribution is 7.71. The van der Waals surface area contributed by atoms with Crippen molar-refractivity contribution in [3.05, 3.63) is 33.6 Å². The van der Waals surface area contributed by atoms with Crippen molar-refractivity contribution in [2.45, 2.75) is 6.18 Å². The molecular weight excluding hydrogens is 289 g/mol. The SMILES string of the molecule is Nc1n[nH]c(=S)n1-c1cc(Cl)cc(C(F)(F)F)c1. The van der Waals surface area contributed by atoms with Gasteiger partial charge in [0.2, 0.25) is 10.7 Å². The summed E-state index contributed by atoms with van der Waals surface area (Å²) in [4.78, 5) is 0. The molecule has 0 aliphatic rings. The number of hydrogen-bond donors (Lipinski definition) is 2. The van der Waals surface area contributed by atoms with Crippen molar-refractivity contribution in [3.8, 4) is 5.69 Å². The van der Waals surface area contributed by atoms with Gasteiger partial charge < -0.3 is 5.73 Å². The van der Waals surface area contributed by atoms with Crippen molar-refractivity contribution < 1.29 is 13.2 Å². The smallest absolute Gasteiger partial charge is 0.368 e. The first kappa shape index (κ1) is 12.9. The van der Waals surface area contributed by atoms with Gasteiger partial charge in [-0.1, -0.05) is 11.6 Å². The molecule has 2 aromatic rings. The summed E-state index contributed by atoms with van der Waals surface area (Å²) in [7, 11) is 0. The van der Waals surface area contributed by atoms with E-state index in [9.17, 15) is 13.2 Å². The summed E-state index contributed by atoms with van der Waals surface area (Å²) in [6.45, 7) is 0. The molecule has 9 heteroatoms. The lowest BCUT2D eigenvalue weighted by Gasteiger charge is -2.10. The summed E-state index contributed by atoms with van der Waals surface area (Å²) in [6, 6.07) is 3.04. The van der Waals surface area contributed by atoms with Crippen LogP contribution in [0.2, 0.25) is 5.02 Å². The normalized spacial score (nSPS) is 11.8. The van der Waals surface area contributed by atoms with E-state index in [2.05, 4.69) is 10.2 Å². The fourth-order valence-electron chi connectivity index (χ4n) is 1.43. The van der Waals surface area contributed by atoms with Crippen LogP contribution < -0.4 is 5.73 Å². The lowest BCUT2D eigenvalue weighted by atomic mass is 10.2. The van der Waals surface area contributed by atoms with E-state index in [-0.39, 0.29) is 21.4 Å². The number of alkyl halides is 3. The molecular formula is C9H6ClF3N4S. The van der Waals surface area contributed by atoms with E-state index in [1.807, 2.05) is 0 Å². The third-order valence-electron chi connectivity index (χ3n) is 2.17. The zero-order chi connectivity index (χ0) is 13.5. The number of rotatable bonds is 1. The van der Waals surface area contributed by atoms with Crippen molar-refractivity contribution in [1.82, 2.24) is 14.8 Å². The van der Waals surface area contributed by atoms with E-state index in [1.54, 1.807) is 0 Å². The van der Waals surface area contributed by atoms with Gasteiger partial charge in [0, 0.05) is 5.02 Å². The van der Waals surface area contributed by atoms with Gasteiger partial charge in [-0.15, -0.1) is 5.10 Å². The van der Waals surface area contributed by atoms with Crippen molar-refractivity contribution in [2.24, 2.45) is 0 Å². The van der Waals surface area contributed by atoms with Crippen LogP contribution in [0.15, 0.2) is 18.2 Å². The standard InChI is InChI=1S/C9H6ClF3N4S/c10-5-1-4(9(11,12)13)2-6(3-5)17-7(14)15-16-8(17)18/h1-3H,(H2,14,15)(H,16,18). The molecule has 0 spiro atoms. The van der Waals surface area contributed by atoms with Crippen LogP contribution in [-0.2, 0) is 6.18 Å². The Balaban J connectivity index is 2.67. The van der Waals surface area contributed by atoms with Gasteiger partial charge in [0.1, 0.15) is 0 Å². The molecule has 3 N–H and O–H groups in total. The predicted octanol–water partition coefficient (Wildman–Crippen LogP) is 3.18. The number of hydrogen-bond acceptors (Lipinski definition) is 3. The lowest BCUT2D eigenvalue weighted by molar-refractivity contribution is -0.137. The number of nitrogens with zero attached hydrogens (tertiary/aromatic N) is 2. The molecule has 0 bridgehead atoms. The van der Waals surface area contributed by atoms with E-state index < -0.39 is 11.7 Å². The van der Waals surface area contributed by atoms with Gasteiger partial charge in [0.25, 0.3) is 0 Å². The van der Waals surface area contributed by atoms with Gasteiger partial charge in [0.15, 0.2) is 0 Å². The Kier molecular flexibility index (Phi) is 3.07. The molecule has 0 atom stereocenters. The lowest BCUT2D eigenvalue weighted by Crippen LogP contribution is -2.07. The van der Waals surface area contributed by atoms with E-state index in [0.29, 0.717) is 0 Å². The summed E-state index contributed by atoms with van der Waals surface area (Å²) in [5, 5.41) is 5.93. The maximum absolute atomic E-state index is 12.6. The minimum Gasteiger partial charge on any atom is -0.368 e. The van der Waals surface area contributed by atoms with Crippen LogP contribution in [0.4, 0.5) is 19.1 Å². The Hall–Kier alpha value is -1.54. The third-order valence-corrected chi connectivity index (χ3v) is 2.66. The number of halogens is 4. The second-order valence-corrected chi connectivity index (χ2v) is 4.24. The number of benzene rings is 1. The molecule has 0 aliphatic carbocycles. The zero-order valence-corrected chi connectivity index (χ0v) is 10.2. The monoisotopic (exact) mass is 294 g/mol. The van der Waals surface area contributed by atoms with E-state index in [0.717, 1.165) is 16.7 Å².